The topological polar surface area (TPSA) is 41.3 Å². The fraction of sp³-hybridized carbons (Fsp3) is 0.471. The summed E-state index contributed by atoms with van der Waals surface area (Å²) in [7, 11) is 1.95. The molecule has 118 valence electrons. The highest BCUT2D eigenvalue weighted by Gasteiger charge is 2.24. The van der Waals surface area contributed by atoms with Crippen LogP contribution in [0.3, 0.4) is 0 Å². The van der Waals surface area contributed by atoms with Crippen molar-refractivity contribution in [1.29, 1.82) is 0 Å². The van der Waals surface area contributed by atoms with Crippen molar-refractivity contribution in [2.75, 3.05) is 6.54 Å². The van der Waals surface area contributed by atoms with Crippen LogP contribution in [-0.2, 0) is 13.6 Å². The summed E-state index contributed by atoms with van der Waals surface area (Å²) in [6, 6.07) is 5.62. The number of rotatable bonds is 3. The van der Waals surface area contributed by atoms with E-state index in [9.17, 15) is 5.11 Å². The first-order valence-electron chi connectivity index (χ1n) is 7.83. The molecule has 1 aliphatic heterocycles. The zero-order valence-corrected chi connectivity index (χ0v) is 13.6. The smallest absolute Gasteiger partial charge is 0.120 e. The Morgan fingerprint density at radius 1 is 1.32 bits per heavy atom. The van der Waals surface area contributed by atoms with E-state index < -0.39 is 0 Å². The molecule has 22 heavy (non-hydrogen) atoms. The Hall–Kier alpha value is -1.52. The Balaban J connectivity index is 1.85. The van der Waals surface area contributed by atoms with Crippen molar-refractivity contribution in [2.45, 2.75) is 38.3 Å². The summed E-state index contributed by atoms with van der Waals surface area (Å²) in [5.41, 5.74) is 2.15. The zero-order chi connectivity index (χ0) is 15.5. The Labute approximate surface area is 136 Å². The maximum absolute atomic E-state index is 10.1. The van der Waals surface area contributed by atoms with Gasteiger partial charge in [-0.05, 0) is 37.6 Å². The molecule has 3 rings (SSSR count). The Morgan fingerprint density at radius 3 is 2.95 bits per heavy atom. The van der Waals surface area contributed by atoms with Gasteiger partial charge in [-0.2, -0.15) is 5.10 Å². The summed E-state index contributed by atoms with van der Waals surface area (Å²) in [6.45, 7) is 1.75. The number of aromatic hydroxyl groups is 1. The van der Waals surface area contributed by atoms with E-state index >= 15 is 0 Å². The number of phenols is 1. The SMILES string of the molecule is Cn1cc(C2CCCCCN2Cc2cc(Cl)ccc2O)cn1. The van der Waals surface area contributed by atoms with Crippen molar-refractivity contribution in [2.24, 2.45) is 7.05 Å². The van der Waals surface area contributed by atoms with E-state index in [0.29, 0.717) is 23.4 Å². The van der Waals surface area contributed by atoms with E-state index in [-0.39, 0.29) is 0 Å². The number of halogens is 1. The van der Waals surface area contributed by atoms with Crippen molar-refractivity contribution >= 4 is 11.6 Å². The van der Waals surface area contributed by atoms with Gasteiger partial charge in [0, 0.05) is 42.0 Å². The second-order valence-corrected chi connectivity index (χ2v) is 6.49. The first kappa shape index (κ1) is 15.4. The molecule has 1 aromatic carbocycles. The molecule has 4 nitrogen and oxygen atoms in total. The maximum atomic E-state index is 10.1. The second-order valence-electron chi connectivity index (χ2n) is 6.06. The lowest BCUT2D eigenvalue weighted by molar-refractivity contribution is 0.190. The summed E-state index contributed by atoms with van der Waals surface area (Å²) >= 11 is 6.08. The van der Waals surface area contributed by atoms with Crippen molar-refractivity contribution in [1.82, 2.24) is 14.7 Å². The van der Waals surface area contributed by atoms with E-state index in [2.05, 4.69) is 16.2 Å². The number of likely N-dealkylation sites (tertiary alicyclic amines) is 1. The Bertz CT molecular complexity index is 641. The number of aromatic nitrogens is 2. The highest BCUT2D eigenvalue weighted by molar-refractivity contribution is 6.30. The van der Waals surface area contributed by atoms with Crippen LogP contribution in [0.25, 0.3) is 0 Å². The molecule has 1 aliphatic rings. The Kier molecular flexibility index (Phi) is 4.69. The highest BCUT2D eigenvalue weighted by Crippen LogP contribution is 2.33. The zero-order valence-electron chi connectivity index (χ0n) is 12.9. The van der Waals surface area contributed by atoms with Crippen molar-refractivity contribution in [3.63, 3.8) is 0 Å². The molecule has 2 aromatic rings. The number of hydrogen-bond donors (Lipinski definition) is 1. The minimum Gasteiger partial charge on any atom is -0.508 e. The molecule has 1 N–H and O–H groups in total. The van der Waals surface area contributed by atoms with Crippen LogP contribution in [0.2, 0.25) is 5.02 Å². The number of phenolic OH excluding ortho intramolecular Hbond substituents is 1. The quantitative estimate of drug-likeness (QED) is 0.933. The van der Waals surface area contributed by atoms with Crippen LogP contribution >= 0.6 is 11.6 Å². The monoisotopic (exact) mass is 319 g/mol. The van der Waals surface area contributed by atoms with Gasteiger partial charge in [0.05, 0.1) is 6.20 Å². The molecule has 0 spiro atoms. The average molecular weight is 320 g/mol. The van der Waals surface area contributed by atoms with Gasteiger partial charge < -0.3 is 5.11 Å². The minimum absolute atomic E-state index is 0.318. The van der Waals surface area contributed by atoms with Gasteiger partial charge >= 0.3 is 0 Å². The molecule has 5 heteroatoms. The third-order valence-corrected chi connectivity index (χ3v) is 4.62. The predicted octanol–water partition coefficient (Wildman–Crippen LogP) is 3.90. The first-order valence-corrected chi connectivity index (χ1v) is 8.21. The molecule has 1 aromatic heterocycles. The van der Waals surface area contributed by atoms with Crippen molar-refractivity contribution in [3.05, 3.63) is 46.7 Å². The first-order chi connectivity index (χ1) is 10.6. The third kappa shape index (κ3) is 3.45. The molecule has 0 saturated carbocycles. The van der Waals surface area contributed by atoms with Crippen LogP contribution in [0.15, 0.2) is 30.6 Å². The highest BCUT2D eigenvalue weighted by atomic mass is 35.5. The van der Waals surface area contributed by atoms with Crippen molar-refractivity contribution in [3.8, 4) is 5.75 Å². The van der Waals surface area contributed by atoms with Gasteiger partial charge in [0.15, 0.2) is 0 Å². The van der Waals surface area contributed by atoms with E-state index in [4.69, 9.17) is 11.6 Å². The molecule has 1 saturated heterocycles. The second kappa shape index (κ2) is 6.71. The van der Waals surface area contributed by atoms with Crippen molar-refractivity contribution < 1.29 is 5.11 Å². The summed E-state index contributed by atoms with van der Waals surface area (Å²) in [6.07, 6.45) is 8.87. The Morgan fingerprint density at radius 2 is 2.18 bits per heavy atom. The van der Waals surface area contributed by atoms with E-state index in [1.165, 1.54) is 24.8 Å². The van der Waals surface area contributed by atoms with Gasteiger partial charge in [0.25, 0.3) is 0 Å². The van der Waals surface area contributed by atoms with Crippen LogP contribution in [0.5, 0.6) is 5.75 Å². The summed E-state index contributed by atoms with van der Waals surface area (Å²) in [5.74, 6) is 0.318. The molecule has 2 heterocycles. The minimum atomic E-state index is 0.318. The lowest BCUT2D eigenvalue weighted by atomic mass is 10.0. The average Bonchev–Trinajstić information content (AvgIpc) is 2.78. The molecular formula is C17H22ClN3O. The number of nitrogens with zero attached hydrogens (tertiary/aromatic N) is 3. The standard InChI is InChI=1S/C17H22ClN3O/c1-20-11-14(10-19-20)16-5-3-2-4-8-21(16)12-13-9-15(18)6-7-17(13)22/h6-7,9-11,16,22H,2-5,8,12H2,1H3. The predicted molar refractivity (Wildman–Crippen MR) is 87.9 cm³/mol. The van der Waals surface area contributed by atoms with Crippen LogP contribution < -0.4 is 0 Å². The van der Waals surface area contributed by atoms with Gasteiger partial charge in [0.2, 0.25) is 0 Å². The van der Waals surface area contributed by atoms with Gasteiger partial charge in [-0.1, -0.05) is 24.4 Å². The lowest BCUT2D eigenvalue weighted by Gasteiger charge is -2.29. The molecule has 0 bridgehead atoms. The van der Waals surface area contributed by atoms with Crippen LogP contribution in [0, 0.1) is 0 Å². The summed E-state index contributed by atoms with van der Waals surface area (Å²) in [4.78, 5) is 2.44. The molecule has 0 aliphatic carbocycles. The third-order valence-electron chi connectivity index (χ3n) is 4.39. The molecular weight excluding hydrogens is 298 g/mol. The molecule has 1 fully saturated rings. The van der Waals surface area contributed by atoms with Gasteiger partial charge in [-0.15, -0.1) is 0 Å². The van der Waals surface area contributed by atoms with Gasteiger partial charge in [0.1, 0.15) is 5.75 Å². The summed E-state index contributed by atoms with van der Waals surface area (Å²) < 4.78 is 1.86. The van der Waals surface area contributed by atoms with Crippen LogP contribution in [-0.4, -0.2) is 26.3 Å². The molecule has 1 unspecified atom stereocenters. The van der Waals surface area contributed by atoms with E-state index in [1.54, 1.807) is 12.1 Å². The fourth-order valence-corrected chi connectivity index (χ4v) is 3.44. The molecule has 1 atom stereocenters. The molecule has 0 amide bonds. The number of aryl methyl sites for hydroxylation is 1. The van der Waals surface area contributed by atoms with Crippen LogP contribution in [0.4, 0.5) is 0 Å². The normalized spacial score (nSPS) is 20.0. The number of hydrogen-bond acceptors (Lipinski definition) is 3. The summed E-state index contributed by atoms with van der Waals surface area (Å²) in [5, 5.41) is 15.1. The maximum Gasteiger partial charge on any atom is 0.120 e. The van der Waals surface area contributed by atoms with E-state index in [1.807, 2.05) is 24.0 Å². The van der Waals surface area contributed by atoms with Gasteiger partial charge in [-0.25, -0.2) is 0 Å². The number of benzene rings is 1. The fourth-order valence-electron chi connectivity index (χ4n) is 3.25. The van der Waals surface area contributed by atoms with Gasteiger partial charge in [-0.3, -0.25) is 9.58 Å². The molecule has 0 radical (unpaired) electrons. The lowest BCUT2D eigenvalue weighted by Crippen LogP contribution is -2.28. The van der Waals surface area contributed by atoms with E-state index in [0.717, 1.165) is 18.5 Å². The van der Waals surface area contributed by atoms with Crippen LogP contribution in [0.1, 0.15) is 42.9 Å². The largest absolute Gasteiger partial charge is 0.508 e.